The summed E-state index contributed by atoms with van der Waals surface area (Å²) >= 11 is 0. The number of carbonyl (C=O) groups is 1. The van der Waals surface area contributed by atoms with Crippen molar-refractivity contribution in [1.29, 1.82) is 0 Å². The van der Waals surface area contributed by atoms with Crippen molar-refractivity contribution in [2.45, 2.75) is 51.7 Å². The molecular weight excluding hydrogens is 260 g/mol. The molecule has 1 aromatic rings. The topological polar surface area (TPSA) is 73.6 Å². The van der Waals surface area contributed by atoms with Gasteiger partial charge in [-0.15, -0.1) is 0 Å². The van der Waals surface area contributed by atoms with Crippen molar-refractivity contribution in [1.82, 2.24) is 5.16 Å². The molecule has 1 amide bonds. The summed E-state index contributed by atoms with van der Waals surface area (Å²) in [5.74, 6) is 0.173. The molecule has 1 aliphatic heterocycles. The Morgan fingerprint density at radius 2 is 2.35 bits per heavy atom. The molecule has 20 heavy (non-hydrogen) atoms. The van der Waals surface area contributed by atoms with Gasteiger partial charge in [0.05, 0.1) is 12.3 Å². The van der Waals surface area contributed by atoms with Crippen LogP contribution in [0.25, 0.3) is 0 Å². The lowest BCUT2D eigenvalue weighted by molar-refractivity contribution is -0.170. The van der Waals surface area contributed by atoms with Gasteiger partial charge in [0.1, 0.15) is 0 Å². The Labute approximate surface area is 118 Å². The maximum Gasteiger partial charge on any atom is 0.231 e. The lowest BCUT2D eigenvalue weighted by atomic mass is 9.90. The third-order valence-electron chi connectivity index (χ3n) is 3.27. The van der Waals surface area contributed by atoms with Gasteiger partial charge in [0.25, 0.3) is 0 Å². The quantitative estimate of drug-likeness (QED) is 0.898. The molecule has 1 fully saturated rings. The van der Waals surface area contributed by atoms with E-state index in [1.54, 1.807) is 6.07 Å². The molecule has 0 spiro atoms. The zero-order valence-corrected chi connectivity index (χ0v) is 12.3. The van der Waals surface area contributed by atoms with Gasteiger partial charge in [0, 0.05) is 25.0 Å². The molecule has 6 heteroatoms. The van der Waals surface area contributed by atoms with Crippen LogP contribution in [-0.4, -0.2) is 30.6 Å². The van der Waals surface area contributed by atoms with Crippen LogP contribution < -0.4 is 5.32 Å². The van der Waals surface area contributed by atoms with E-state index in [0.29, 0.717) is 12.5 Å². The maximum atomic E-state index is 11.0. The predicted octanol–water partition coefficient (Wildman–Crippen LogP) is 2.45. The van der Waals surface area contributed by atoms with E-state index in [-0.39, 0.29) is 17.6 Å². The second-order valence-electron chi connectivity index (χ2n) is 5.75. The van der Waals surface area contributed by atoms with Crippen LogP contribution in [0.15, 0.2) is 10.6 Å². The van der Waals surface area contributed by atoms with Crippen LogP contribution in [0.3, 0.4) is 0 Å². The molecule has 0 saturated carbocycles. The number of ether oxygens (including phenoxy) is 2. The molecule has 0 aromatic carbocycles. The highest BCUT2D eigenvalue weighted by atomic mass is 16.7. The molecule has 0 bridgehead atoms. The first kappa shape index (κ1) is 15.0. The van der Waals surface area contributed by atoms with Crippen LogP contribution in [0, 0.1) is 0 Å². The number of amides is 1. The van der Waals surface area contributed by atoms with Gasteiger partial charge in [-0.2, -0.15) is 0 Å². The largest absolute Gasteiger partial charge is 0.353 e. The minimum absolute atomic E-state index is 0.121. The summed E-state index contributed by atoms with van der Waals surface area (Å²) in [6.45, 7) is 6.72. The van der Waals surface area contributed by atoms with Crippen LogP contribution in [-0.2, 0) is 19.7 Å². The van der Waals surface area contributed by atoms with Crippen molar-refractivity contribution in [2.75, 3.05) is 18.5 Å². The number of nitrogens with zero attached hydrogens (tertiary/aromatic N) is 1. The van der Waals surface area contributed by atoms with E-state index in [2.05, 4.69) is 10.5 Å². The number of hydrogen-bond donors (Lipinski definition) is 1. The second kappa shape index (κ2) is 6.37. The smallest absolute Gasteiger partial charge is 0.231 e. The Morgan fingerprint density at radius 1 is 1.55 bits per heavy atom. The average molecular weight is 282 g/mol. The van der Waals surface area contributed by atoms with Crippen molar-refractivity contribution in [3.05, 3.63) is 11.8 Å². The van der Waals surface area contributed by atoms with E-state index in [4.69, 9.17) is 14.0 Å². The van der Waals surface area contributed by atoms with Gasteiger partial charge in [0.2, 0.25) is 11.8 Å². The summed E-state index contributed by atoms with van der Waals surface area (Å²) in [5.41, 5.74) is 0.443. The molecule has 1 unspecified atom stereocenters. The predicted molar refractivity (Wildman–Crippen MR) is 73.4 cm³/mol. The number of rotatable bonds is 5. The van der Waals surface area contributed by atoms with Crippen molar-refractivity contribution >= 4 is 11.8 Å². The van der Waals surface area contributed by atoms with E-state index in [1.807, 2.05) is 13.8 Å². The Hall–Kier alpha value is -1.40. The van der Waals surface area contributed by atoms with Gasteiger partial charge in [-0.25, -0.2) is 0 Å². The zero-order valence-electron chi connectivity index (χ0n) is 12.3. The van der Waals surface area contributed by atoms with Crippen LogP contribution in [0.5, 0.6) is 0 Å². The number of aromatic nitrogens is 1. The molecule has 6 nitrogen and oxygen atoms in total. The van der Waals surface area contributed by atoms with Crippen molar-refractivity contribution in [3.8, 4) is 0 Å². The van der Waals surface area contributed by atoms with Gasteiger partial charge in [-0.05, 0) is 19.3 Å². The van der Waals surface area contributed by atoms with E-state index < -0.39 is 0 Å². The van der Waals surface area contributed by atoms with Crippen LogP contribution in [0.1, 0.15) is 45.7 Å². The maximum absolute atomic E-state index is 11.0. The lowest BCUT2D eigenvalue weighted by Gasteiger charge is -2.28. The lowest BCUT2D eigenvalue weighted by Crippen LogP contribution is -2.31. The number of hydrogen-bond acceptors (Lipinski definition) is 5. The first-order valence-electron chi connectivity index (χ1n) is 6.95. The minimum Gasteiger partial charge on any atom is -0.353 e. The van der Waals surface area contributed by atoms with Crippen molar-refractivity contribution < 1.29 is 18.8 Å². The normalized spacial score (nSPS) is 19.9. The van der Waals surface area contributed by atoms with E-state index in [1.165, 1.54) is 6.92 Å². The summed E-state index contributed by atoms with van der Waals surface area (Å²) in [7, 11) is 0. The Morgan fingerprint density at radius 3 is 3.00 bits per heavy atom. The third-order valence-corrected chi connectivity index (χ3v) is 3.27. The molecule has 1 N–H and O–H groups in total. The molecule has 0 aliphatic carbocycles. The van der Waals surface area contributed by atoms with Gasteiger partial charge >= 0.3 is 0 Å². The van der Waals surface area contributed by atoms with Gasteiger partial charge < -0.3 is 14.0 Å². The molecule has 112 valence electrons. The Balaban J connectivity index is 1.91. The van der Waals surface area contributed by atoms with E-state index in [9.17, 15) is 4.79 Å². The molecule has 0 radical (unpaired) electrons. The first-order chi connectivity index (χ1) is 9.47. The third kappa shape index (κ3) is 4.05. The van der Waals surface area contributed by atoms with Crippen LogP contribution in [0.2, 0.25) is 0 Å². The fraction of sp³-hybridized carbons (Fsp3) is 0.714. The minimum atomic E-state index is -0.305. The molecule has 1 atom stereocenters. The fourth-order valence-electron chi connectivity index (χ4n) is 2.04. The first-order valence-corrected chi connectivity index (χ1v) is 6.95. The van der Waals surface area contributed by atoms with Crippen molar-refractivity contribution in [2.24, 2.45) is 0 Å². The molecule has 1 saturated heterocycles. The zero-order chi connectivity index (χ0) is 14.6. The molecular formula is C14H22N2O4. The SMILES string of the molecule is CC(=O)Nc1cc(C(C)(C)COC2CCCCO2)no1. The fourth-order valence-corrected chi connectivity index (χ4v) is 2.04. The highest BCUT2D eigenvalue weighted by Crippen LogP contribution is 2.26. The number of anilines is 1. The average Bonchev–Trinajstić information content (AvgIpc) is 2.86. The van der Waals surface area contributed by atoms with E-state index >= 15 is 0 Å². The molecule has 2 rings (SSSR count). The van der Waals surface area contributed by atoms with Crippen LogP contribution in [0.4, 0.5) is 5.88 Å². The van der Waals surface area contributed by atoms with Gasteiger partial charge in [0.15, 0.2) is 6.29 Å². The second-order valence-corrected chi connectivity index (χ2v) is 5.75. The Bertz CT molecular complexity index is 450. The van der Waals surface area contributed by atoms with Gasteiger partial charge in [-0.1, -0.05) is 19.0 Å². The highest BCUT2D eigenvalue weighted by molar-refractivity contribution is 5.87. The highest BCUT2D eigenvalue weighted by Gasteiger charge is 2.27. The summed E-state index contributed by atoms with van der Waals surface area (Å²) in [4.78, 5) is 11.0. The molecule has 1 aromatic heterocycles. The monoisotopic (exact) mass is 282 g/mol. The molecule has 2 heterocycles. The van der Waals surface area contributed by atoms with Crippen LogP contribution >= 0.6 is 0 Å². The number of nitrogens with one attached hydrogen (secondary N) is 1. The number of carbonyl (C=O) groups excluding carboxylic acids is 1. The summed E-state index contributed by atoms with van der Waals surface area (Å²) in [6, 6.07) is 1.73. The Kier molecular flexibility index (Phi) is 4.77. The summed E-state index contributed by atoms with van der Waals surface area (Å²) in [5, 5.41) is 6.56. The van der Waals surface area contributed by atoms with Crippen molar-refractivity contribution in [3.63, 3.8) is 0 Å². The summed E-state index contributed by atoms with van der Waals surface area (Å²) < 4.78 is 16.4. The van der Waals surface area contributed by atoms with Gasteiger partial charge in [-0.3, -0.25) is 10.1 Å². The molecule has 1 aliphatic rings. The standard InChI is InChI=1S/C14H22N2O4/c1-10(17)15-12-8-11(16-20-12)14(2,3)9-19-13-6-4-5-7-18-13/h8,13H,4-7,9H2,1-3H3,(H,15,17). The van der Waals surface area contributed by atoms with E-state index in [0.717, 1.165) is 31.6 Å². The summed E-state index contributed by atoms with van der Waals surface area (Å²) in [6.07, 6.45) is 3.06.